The Morgan fingerprint density at radius 3 is 2.71 bits per heavy atom. The van der Waals surface area contributed by atoms with E-state index in [4.69, 9.17) is 5.73 Å². The summed E-state index contributed by atoms with van der Waals surface area (Å²) in [5, 5.41) is 0. The maximum Gasteiger partial charge on any atom is 0.133 e. The van der Waals surface area contributed by atoms with E-state index in [1.54, 1.807) is 0 Å². The summed E-state index contributed by atoms with van der Waals surface area (Å²) in [7, 11) is 2.16. The van der Waals surface area contributed by atoms with E-state index >= 15 is 0 Å². The molecule has 94 valence electrons. The van der Waals surface area contributed by atoms with Crippen molar-refractivity contribution in [3.63, 3.8) is 0 Å². The zero-order valence-electron chi connectivity index (χ0n) is 10.9. The maximum absolute atomic E-state index is 6.02. The smallest absolute Gasteiger partial charge is 0.133 e. The van der Waals surface area contributed by atoms with E-state index < -0.39 is 0 Å². The Balaban J connectivity index is 2.20. The number of pyridine rings is 1. The molecule has 0 saturated heterocycles. The van der Waals surface area contributed by atoms with Crippen LogP contribution in [0.15, 0.2) is 18.3 Å². The lowest BCUT2D eigenvalue weighted by Gasteiger charge is -2.33. The molecule has 1 aliphatic carbocycles. The molecule has 0 radical (unpaired) electrons. The molecule has 17 heavy (non-hydrogen) atoms. The van der Waals surface area contributed by atoms with Gasteiger partial charge in [0, 0.05) is 30.9 Å². The first-order valence-electron chi connectivity index (χ1n) is 6.63. The van der Waals surface area contributed by atoms with Crippen molar-refractivity contribution in [3.05, 3.63) is 23.9 Å². The summed E-state index contributed by atoms with van der Waals surface area (Å²) >= 11 is 0. The predicted octanol–water partition coefficient (Wildman–Crippen LogP) is 2.87. The predicted molar refractivity (Wildman–Crippen MR) is 72.1 cm³/mol. The molecule has 0 aromatic carbocycles. The number of nitrogens with zero attached hydrogens (tertiary/aromatic N) is 2. The molecule has 3 heteroatoms. The van der Waals surface area contributed by atoms with Crippen LogP contribution in [0.3, 0.4) is 0 Å². The minimum Gasteiger partial charge on any atom is -0.356 e. The van der Waals surface area contributed by atoms with E-state index in [-0.39, 0.29) is 6.04 Å². The van der Waals surface area contributed by atoms with Crippen molar-refractivity contribution in [2.24, 2.45) is 5.73 Å². The van der Waals surface area contributed by atoms with E-state index in [1.165, 1.54) is 32.1 Å². The van der Waals surface area contributed by atoms with Gasteiger partial charge in [0.2, 0.25) is 0 Å². The normalized spacial score (nSPS) is 19.0. The van der Waals surface area contributed by atoms with Crippen LogP contribution < -0.4 is 10.6 Å². The van der Waals surface area contributed by atoms with Crippen LogP contribution in [0.25, 0.3) is 0 Å². The number of nitrogens with two attached hydrogens (primary N) is 1. The van der Waals surface area contributed by atoms with Crippen LogP contribution in [0.1, 0.15) is 50.6 Å². The largest absolute Gasteiger partial charge is 0.356 e. The van der Waals surface area contributed by atoms with Crippen molar-refractivity contribution in [1.29, 1.82) is 0 Å². The zero-order valence-corrected chi connectivity index (χ0v) is 10.9. The number of aromatic nitrogens is 1. The second-order valence-corrected chi connectivity index (χ2v) is 5.11. The average molecular weight is 233 g/mol. The Morgan fingerprint density at radius 1 is 1.35 bits per heavy atom. The topological polar surface area (TPSA) is 42.1 Å². The van der Waals surface area contributed by atoms with E-state index in [9.17, 15) is 0 Å². The first-order chi connectivity index (χ1) is 8.20. The molecule has 1 fully saturated rings. The van der Waals surface area contributed by atoms with E-state index in [2.05, 4.69) is 23.0 Å². The van der Waals surface area contributed by atoms with Gasteiger partial charge in [-0.1, -0.05) is 25.3 Å². The Morgan fingerprint density at radius 2 is 2.06 bits per heavy atom. The summed E-state index contributed by atoms with van der Waals surface area (Å²) < 4.78 is 0. The number of hydrogen-bond acceptors (Lipinski definition) is 3. The lowest BCUT2D eigenvalue weighted by Crippen LogP contribution is -2.35. The standard InChI is InChI=1S/C14H23N3/c1-11(15)13-9-6-10-16-14(13)17(2)12-7-4-3-5-8-12/h6,9-12H,3-5,7-8,15H2,1-2H3. The molecule has 2 N–H and O–H groups in total. The molecule has 0 aliphatic heterocycles. The summed E-state index contributed by atoms with van der Waals surface area (Å²) in [4.78, 5) is 6.85. The van der Waals surface area contributed by atoms with Crippen molar-refractivity contribution >= 4 is 5.82 Å². The lowest BCUT2D eigenvalue weighted by molar-refractivity contribution is 0.425. The van der Waals surface area contributed by atoms with Crippen molar-refractivity contribution in [2.45, 2.75) is 51.1 Å². The minimum absolute atomic E-state index is 0.0461. The van der Waals surface area contributed by atoms with E-state index in [0.717, 1.165) is 11.4 Å². The quantitative estimate of drug-likeness (QED) is 0.873. The van der Waals surface area contributed by atoms with Crippen LogP contribution in [-0.2, 0) is 0 Å². The summed E-state index contributed by atoms with van der Waals surface area (Å²) in [6, 6.07) is 4.74. The van der Waals surface area contributed by atoms with Crippen molar-refractivity contribution in [1.82, 2.24) is 4.98 Å². The minimum atomic E-state index is 0.0461. The molecule has 0 bridgehead atoms. The third-order valence-corrected chi connectivity index (χ3v) is 3.76. The zero-order chi connectivity index (χ0) is 12.3. The summed E-state index contributed by atoms with van der Waals surface area (Å²) in [6.07, 6.45) is 8.49. The number of anilines is 1. The Kier molecular flexibility index (Phi) is 4.00. The van der Waals surface area contributed by atoms with Gasteiger partial charge in [0.15, 0.2) is 0 Å². The number of hydrogen-bond donors (Lipinski definition) is 1. The van der Waals surface area contributed by atoms with E-state index in [0.29, 0.717) is 6.04 Å². The first-order valence-corrected chi connectivity index (χ1v) is 6.63. The van der Waals surface area contributed by atoms with Crippen LogP contribution in [0.5, 0.6) is 0 Å². The SMILES string of the molecule is CC(N)c1cccnc1N(C)C1CCCCC1. The second kappa shape index (κ2) is 5.50. The summed E-state index contributed by atoms with van der Waals surface area (Å²) in [6.45, 7) is 2.02. The van der Waals surface area contributed by atoms with Gasteiger partial charge in [0.1, 0.15) is 5.82 Å². The van der Waals surface area contributed by atoms with Crippen molar-refractivity contribution in [2.75, 3.05) is 11.9 Å². The van der Waals surface area contributed by atoms with Crippen LogP contribution in [0, 0.1) is 0 Å². The molecule has 2 rings (SSSR count). The highest BCUT2D eigenvalue weighted by Gasteiger charge is 2.21. The van der Waals surface area contributed by atoms with E-state index in [1.807, 2.05) is 19.2 Å². The fourth-order valence-electron chi connectivity index (χ4n) is 2.70. The van der Waals surface area contributed by atoms with Gasteiger partial charge >= 0.3 is 0 Å². The lowest BCUT2D eigenvalue weighted by atomic mass is 9.94. The summed E-state index contributed by atoms with van der Waals surface area (Å²) in [5.74, 6) is 1.06. The van der Waals surface area contributed by atoms with Gasteiger partial charge in [0.05, 0.1) is 0 Å². The second-order valence-electron chi connectivity index (χ2n) is 5.11. The van der Waals surface area contributed by atoms with Gasteiger partial charge < -0.3 is 10.6 Å². The Bertz CT molecular complexity index is 356. The molecule has 1 heterocycles. The molecule has 0 spiro atoms. The van der Waals surface area contributed by atoms with Gasteiger partial charge in [-0.2, -0.15) is 0 Å². The third kappa shape index (κ3) is 2.78. The van der Waals surface area contributed by atoms with Gasteiger partial charge in [-0.15, -0.1) is 0 Å². The maximum atomic E-state index is 6.02. The van der Waals surface area contributed by atoms with Gasteiger partial charge in [-0.05, 0) is 25.8 Å². The Hall–Kier alpha value is -1.09. The number of rotatable bonds is 3. The Labute approximate surface area is 104 Å². The fourth-order valence-corrected chi connectivity index (χ4v) is 2.70. The molecule has 1 aromatic heterocycles. The highest BCUT2D eigenvalue weighted by Crippen LogP contribution is 2.28. The molecular formula is C14H23N3. The van der Waals surface area contributed by atoms with Crippen LogP contribution in [0.4, 0.5) is 5.82 Å². The summed E-state index contributed by atoms with van der Waals surface area (Å²) in [5.41, 5.74) is 7.17. The van der Waals surface area contributed by atoms with Crippen LogP contribution in [-0.4, -0.2) is 18.1 Å². The van der Waals surface area contributed by atoms with Crippen LogP contribution in [0.2, 0.25) is 0 Å². The van der Waals surface area contributed by atoms with Gasteiger partial charge in [-0.25, -0.2) is 4.98 Å². The molecule has 1 saturated carbocycles. The highest BCUT2D eigenvalue weighted by atomic mass is 15.2. The molecule has 1 aliphatic rings. The fraction of sp³-hybridized carbons (Fsp3) is 0.643. The monoisotopic (exact) mass is 233 g/mol. The van der Waals surface area contributed by atoms with Crippen LogP contribution >= 0.6 is 0 Å². The van der Waals surface area contributed by atoms with Gasteiger partial charge in [0.25, 0.3) is 0 Å². The average Bonchev–Trinajstić information content (AvgIpc) is 2.39. The highest BCUT2D eigenvalue weighted by molar-refractivity contribution is 5.48. The van der Waals surface area contributed by atoms with Crippen molar-refractivity contribution < 1.29 is 0 Å². The third-order valence-electron chi connectivity index (χ3n) is 3.76. The molecule has 3 nitrogen and oxygen atoms in total. The molecule has 0 amide bonds. The molecule has 1 aromatic rings. The molecular weight excluding hydrogens is 210 g/mol. The molecule has 1 unspecified atom stereocenters. The van der Waals surface area contributed by atoms with Gasteiger partial charge in [-0.3, -0.25) is 0 Å². The molecule has 1 atom stereocenters. The van der Waals surface area contributed by atoms with Crippen molar-refractivity contribution in [3.8, 4) is 0 Å². The first kappa shape index (κ1) is 12.4.